The van der Waals surface area contributed by atoms with E-state index in [1.54, 1.807) is 0 Å². The molecular weight excluding hydrogens is 353 g/mol. The quantitative estimate of drug-likeness (QED) is 0.841. The van der Waals surface area contributed by atoms with Crippen LogP contribution in [0, 0.1) is 10.5 Å². The van der Waals surface area contributed by atoms with Crippen molar-refractivity contribution in [3.63, 3.8) is 0 Å². The summed E-state index contributed by atoms with van der Waals surface area (Å²) in [6, 6.07) is 0. The smallest absolute Gasteiger partial charge is 0.156 e. The van der Waals surface area contributed by atoms with E-state index in [9.17, 15) is 0 Å². The molecule has 0 spiro atoms. The standard InChI is InChI=1S/C13H20IN5/c1-9-11(7-15-13(2,3)4)12(18(5)17-9)19-8-10(14)6-16-19/h6,8,15H,7H2,1-5H3. The summed E-state index contributed by atoms with van der Waals surface area (Å²) in [4.78, 5) is 0. The molecule has 104 valence electrons. The van der Waals surface area contributed by atoms with Crippen LogP contribution in [-0.2, 0) is 13.6 Å². The Morgan fingerprint density at radius 3 is 2.58 bits per heavy atom. The van der Waals surface area contributed by atoms with Gasteiger partial charge in [-0.05, 0) is 50.3 Å². The van der Waals surface area contributed by atoms with E-state index in [1.165, 1.54) is 5.56 Å². The molecule has 2 aromatic rings. The maximum Gasteiger partial charge on any atom is 0.156 e. The van der Waals surface area contributed by atoms with Gasteiger partial charge in [-0.2, -0.15) is 10.2 Å². The minimum Gasteiger partial charge on any atom is -0.308 e. The van der Waals surface area contributed by atoms with E-state index in [1.807, 2.05) is 35.7 Å². The van der Waals surface area contributed by atoms with E-state index in [0.29, 0.717) is 0 Å². The van der Waals surface area contributed by atoms with Crippen LogP contribution in [0.4, 0.5) is 0 Å². The van der Waals surface area contributed by atoms with Gasteiger partial charge in [-0.1, -0.05) is 0 Å². The molecule has 0 aliphatic rings. The summed E-state index contributed by atoms with van der Waals surface area (Å²) in [6.45, 7) is 9.31. The fourth-order valence-corrected chi connectivity index (χ4v) is 2.34. The maximum absolute atomic E-state index is 4.51. The summed E-state index contributed by atoms with van der Waals surface area (Å²) in [5.41, 5.74) is 2.31. The molecule has 0 radical (unpaired) electrons. The monoisotopic (exact) mass is 373 g/mol. The number of rotatable bonds is 3. The highest BCUT2D eigenvalue weighted by atomic mass is 127. The first-order chi connectivity index (χ1) is 8.78. The molecule has 0 saturated carbocycles. The molecule has 0 aliphatic carbocycles. The van der Waals surface area contributed by atoms with Crippen molar-refractivity contribution < 1.29 is 0 Å². The summed E-state index contributed by atoms with van der Waals surface area (Å²) in [5, 5.41) is 12.4. The van der Waals surface area contributed by atoms with Crippen LogP contribution >= 0.6 is 22.6 Å². The summed E-state index contributed by atoms with van der Waals surface area (Å²) < 4.78 is 4.89. The number of halogens is 1. The van der Waals surface area contributed by atoms with Crippen molar-refractivity contribution in [1.29, 1.82) is 0 Å². The van der Waals surface area contributed by atoms with Crippen molar-refractivity contribution in [2.75, 3.05) is 0 Å². The van der Waals surface area contributed by atoms with Gasteiger partial charge in [0.1, 0.15) is 0 Å². The van der Waals surface area contributed by atoms with Crippen molar-refractivity contribution in [3.05, 3.63) is 27.2 Å². The van der Waals surface area contributed by atoms with Crippen LogP contribution in [0.5, 0.6) is 0 Å². The minimum atomic E-state index is 0.0814. The zero-order chi connectivity index (χ0) is 14.2. The molecule has 5 nitrogen and oxygen atoms in total. The van der Waals surface area contributed by atoms with Crippen LogP contribution < -0.4 is 5.32 Å². The largest absolute Gasteiger partial charge is 0.308 e. The van der Waals surface area contributed by atoms with Crippen molar-refractivity contribution in [2.24, 2.45) is 7.05 Å². The number of aromatic nitrogens is 4. The summed E-state index contributed by atoms with van der Waals surface area (Å²) in [6.07, 6.45) is 3.86. The number of nitrogens with one attached hydrogen (secondary N) is 1. The van der Waals surface area contributed by atoms with Crippen molar-refractivity contribution in [3.8, 4) is 5.82 Å². The number of aryl methyl sites for hydroxylation is 2. The normalized spacial score (nSPS) is 12.1. The lowest BCUT2D eigenvalue weighted by Gasteiger charge is -2.20. The minimum absolute atomic E-state index is 0.0814. The van der Waals surface area contributed by atoms with Gasteiger partial charge in [0.05, 0.1) is 15.5 Å². The van der Waals surface area contributed by atoms with E-state index < -0.39 is 0 Å². The van der Waals surface area contributed by atoms with Crippen molar-refractivity contribution in [2.45, 2.75) is 39.8 Å². The Balaban J connectivity index is 2.38. The second-order valence-corrected chi connectivity index (χ2v) is 6.96. The average molecular weight is 373 g/mol. The van der Waals surface area contributed by atoms with Crippen molar-refractivity contribution >= 4 is 22.6 Å². The van der Waals surface area contributed by atoms with Gasteiger partial charge in [0.15, 0.2) is 5.82 Å². The molecule has 19 heavy (non-hydrogen) atoms. The van der Waals surface area contributed by atoms with Crippen LogP contribution in [0.3, 0.4) is 0 Å². The Morgan fingerprint density at radius 1 is 1.37 bits per heavy atom. The molecule has 2 rings (SSSR count). The highest BCUT2D eigenvalue weighted by molar-refractivity contribution is 14.1. The molecule has 0 aromatic carbocycles. The molecule has 0 bridgehead atoms. The Labute approximate surface area is 127 Å². The average Bonchev–Trinajstić information content (AvgIpc) is 2.78. The third kappa shape index (κ3) is 3.36. The van der Waals surface area contributed by atoms with Gasteiger partial charge in [-0.3, -0.25) is 4.68 Å². The molecule has 0 saturated heterocycles. The van der Waals surface area contributed by atoms with E-state index in [2.05, 4.69) is 58.9 Å². The van der Waals surface area contributed by atoms with Gasteiger partial charge in [-0.15, -0.1) is 0 Å². The summed E-state index contributed by atoms with van der Waals surface area (Å²) in [7, 11) is 1.96. The molecule has 0 aliphatic heterocycles. The first-order valence-corrected chi connectivity index (χ1v) is 7.34. The van der Waals surface area contributed by atoms with Gasteiger partial charge >= 0.3 is 0 Å². The van der Waals surface area contributed by atoms with Gasteiger partial charge in [-0.25, -0.2) is 4.68 Å². The molecule has 0 unspecified atom stereocenters. The summed E-state index contributed by atoms with van der Waals surface area (Å²) >= 11 is 2.26. The Bertz CT molecular complexity index is 576. The van der Waals surface area contributed by atoms with E-state index in [-0.39, 0.29) is 5.54 Å². The Kier molecular flexibility index (Phi) is 4.00. The van der Waals surface area contributed by atoms with Crippen LogP contribution in [0.1, 0.15) is 32.0 Å². The van der Waals surface area contributed by atoms with E-state index in [0.717, 1.165) is 21.6 Å². The van der Waals surface area contributed by atoms with Crippen molar-refractivity contribution in [1.82, 2.24) is 24.9 Å². The number of nitrogens with zero attached hydrogens (tertiary/aromatic N) is 4. The fourth-order valence-electron chi connectivity index (χ4n) is 1.95. The van der Waals surface area contributed by atoms with E-state index in [4.69, 9.17) is 0 Å². The van der Waals surface area contributed by atoms with Crippen LogP contribution in [0.25, 0.3) is 5.82 Å². The molecule has 2 aromatic heterocycles. The predicted molar refractivity (Wildman–Crippen MR) is 84.4 cm³/mol. The lowest BCUT2D eigenvalue weighted by Crippen LogP contribution is -2.35. The Hall–Kier alpha value is -0.890. The van der Waals surface area contributed by atoms with Gasteiger partial charge in [0, 0.05) is 30.9 Å². The Morgan fingerprint density at radius 2 is 2.05 bits per heavy atom. The number of hydrogen-bond acceptors (Lipinski definition) is 3. The molecule has 0 fully saturated rings. The third-order valence-corrected chi connectivity index (χ3v) is 3.43. The van der Waals surface area contributed by atoms with Crippen LogP contribution in [0.2, 0.25) is 0 Å². The zero-order valence-corrected chi connectivity index (χ0v) is 14.2. The first kappa shape index (κ1) is 14.5. The highest BCUT2D eigenvalue weighted by Gasteiger charge is 2.18. The first-order valence-electron chi connectivity index (χ1n) is 6.26. The van der Waals surface area contributed by atoms with Gasteiger partial charge < -0.3 is 5.32 Å². The molecule has 6 heteroatoms. The lowest BCUT2D eigenvalue weighted by molar-refractivity contribution is 0.423. The second kappa shape index (κ2) is 5.24. The highest BCUT2D eigenvalue weighted by Crippen LogP contribution is 2.19. The molecular formula is C13H20IN5. The zero-order valence-electron chi connectivity index (χ0n) is 12.0. The van der Waals surface area contributed by atoms with Crippen LogP contribution in [-0.4, -0.2) is 25.1 Å². The maximum atomic E-state index is 4.51. The second-order valence-electron chi connectivity index (χ2n) is 5.72. The lowest BCUT2D eigenvalue weighted by atomic mass is 10.1. The predicted octanol–water partition coefficient (Wildman–Crippen LogP) is 2.41. The number of hydrogen-bond donors (Lipinski definition) is 1. The molecule has 1 N–H and O–H groups in total. The van der Waals surface area contributed by atoms with Gasteiger partial charge in [0.2, 0.25) is 0 Å². The molecule has 2 heterocycles. The molecule has 0 atom stereocenters. The summed E-state index contributed by atoms with van der Waals surface area (Å²) in [5.74, 6) is 1.03. The van der Waals surface area contributed by atoms with E-state index >= 15 is 0 Å². The third-order valence-electron chi connectivity index (χ3n) is 2.88. The molecule has 0 amide bonds. The SMILES string of the molecule is Cc1nn(C)c(-n2cc(I)cn2)c1CNC(C)(C)C. The van der Waals surface area contributed by atoms with Crippen LogP contribution in [0.15, 0.2) is 12.4 Å². The topological polar surface area (TPSA) is 47.7 Å². The van der Waals surface area contributed by atoms with Gasteiger partial charge in [0.25, 0.3) is 0 Å². The fraction of sp³-hybridized carbons (Fsp3) is 0.538.